The fourth-order valence-corrected chi connectivity index (χ4v) is 3.30. The average Bonchev–Trinajstić information content (AvgIpc) is 2.64. The van der Waals surface area contributed by atoms with Gasteiger partial charge in [0.1, 0.15) is 8.96 Å². The van der Waals surface area contributed by atoms with Gasteiger partial charge in [0, 0.05) is 0 Å². The summed E-state index contributed by atoms with van der Waals surface area (Å²) in [6.07, 6.45) is 1.06. The Labute approximate surface area is 124 Å². The van der Waals surface area contributed by atoms with E-state index in [0.29, 0.717) is 12.8 Å². The van der Waals surface area contributed by atoms with Crippen molar-refractivity contribution in [1.29, 1.82) is 0 Å². The molecule has 0 bridgehead atoms. The van der Waals surface area contributed by atoms with E-state index in [1.54, 1.807) is 0 Å². The van der Waals surface area contributed by atoms with E-state index in [2.05, 4.69) is 4.84 Å². The molecule has 0 radical (unpaired) electrons. The highest BCUT2D eigenvalue weighted by Gasteiger charge is 2.59. The van der Waals surface area contributed by atoms with Crippen LogP contribution in [0.3, 0.4) is 0 Å². The Hall–Kier alpha value is -0.990. The van der Waals surface area contributed by atoms with Gasteiger partial charge in [0.2, 0.25) is 0 Å². The van der Waals surface area contributed by atoms with Gasteiger partial charge in [0.05, 0.1) is 0 Å². The van der Waals surface area contributed by atoms with Gasteiger partial charge in [-0.3, -0.25) is 4.79 Å². The summed E-state index contributed by atoms with van der Waals surface area (Å²) in [5.41, 5.74) is 5.56. The van der Waals surface area contributed by atoms with Crippen molar-refractivity contribution in [3.05, 3.63) is 35.9 Å². The van der Waals surface area contributed by atoms with Gasteiger partial charge in [-0.05, 0) is 24.8 Å². The highest BCUT2D eigenvalue weighted by Crippen LogP contribution is 2.45. The zero-order valence-corrected chi connectivity index (χ0v) is 12.4. The summed E-state index contributed by atoms with van der Waals surface area (Å²) < 4.78 is -1.03. The van der Waals surface area contributed by atoms with Gasteiger partial charge in [-0.2, -0.15) is 5.90 Å². The summed E-state index contributed by atoms with van der Waals surface area (Å²) in [6, 6.07) is 9.32. The number of Topliss-reactive ketones (excluding diaryl/α,β-unsaturated/α-hetero) is 1. The molecular weight excluding hydrogens is 359 g/mol. The molecular formula is C13H15IN2O3. The van der Waals surface area contributed by atoms with Crippen LogP contribution in [0.25, 0.3) is 0 Å². The molecule has 1 aromatic rings. The van der Waals surface area contributed by atoms with E-state index in [-0.39, 0.29) is 12.2 Å². The number of nitrogens with two attached hydrogens (primary N) is 2. The number of rotatable bonds is 3. The van der Waals surface area contributed by atoms with E-state index in [0.717, 1.165) is 5.56 Å². The normalized spacial score (nSPS) is 30.4. The maximum atomic E-state index is 12.5. The van der Waals surface area contributed by atoms with Gasteiger partial charge in [0.25, 0.3) is 0 Å². The number of carbonyl (C=O) groups is 2. The third-order valence-electron chi connectivity index (χ3n) is 3.57. The van der Waals surface area contributed by atoms with Crippen molar-refractivity contribution >= 4 is 34.3 Å². The van der Waals surface area contributed by atoms with Crippen molar-refractivity contribution in [2.75, 3.05) is 0 Å². The number of carbonyl (C=O) groups excluding carboxylic acids is 2. The van der Waals surface area contributed by atoms with E-state index < -0.39 is 14.9 Å². The predicted molar refractivity (Wildman–Crippen MR) is 78.0 cm³/mol. The van der Waals surface area contributed by atoms with Crippen LogP contribution in [0.2, 0.25) is 0 Å². The molecule has 1 fully saturated rings. The molecule has 2 unspecified atom stereocenters. The Bertz CT molecular complexity index is 504. The van der Waals surface area contributed by atoms with Crippen molar-refractivity contribution in [1.82, 2.24) is 0 Å². The molecule has 1 saturated carbocycles. The Morgan fingerprint density at radius 1 is 1.32 bits per heavy atom. The summed E-state index contributed by atoms with van der Waals surface area (Å²) in [6.45, 7) is 0. The van der Waals surface area contributed by atoms with Crippen LogP contribution in [0.5, 0.6) is 0 Å². The van der Waals surface area contributed by atoms with Crippen LogP contribution in [0.4, 0.5) is 0 Å². The first-order chi connectivity index (χ1) is 8.92. The first-order valence-corrected chi connectivity index (χ1v) is 6.98. The summed E-state index contributed by atoms with van der Waals surface area (Å²) in [5.74, 6) is 3.99. The molecule has 6 heteroatoms. The largest absolute Gasteiger partial charge is 0.373 e. The van der Waals surface area contributed by atoms with Crippen molar-refractivity contribution in [3.63, 3.8) is 0 Å². The van der Waals surface area contributed by atoms with Crippen LogP contribution in [-0.2, 0) is 20.8 Å². The van der Waals surface area contributed by atoms with Crippen molar-refractivity contribution in [3.8, 4) is 0 Å². The number of ketones is 1. The smallest absolute Gasteiger partial charge is 0.338 e. The molecule has 102 valence electrons. The summed E-state index contributed by atoms with van der Waals surface area (Å²) in [5, 5.41) is 0. The van der Waals surface area contributed by atoms with Crippen LogP contribution in [-0.4, -0.2) is 15.3 Å². The molecule has 5 nitrogen and oxygen atoms in total. The SMILES string of the molecule is NOC(=O)C1(Cc2ccccc2)CCC(N)(I)C1=O. The predicted octanol–water partition coefficient (Wildman–Crippen LogP) is 1.09. The lowest BCUT2D eigenvalue weighted by Crippen LogP contribution is -2.48. The maximum absolute atomic E-state index is 12.5. The number of hydrogen-bond acceptors (Lipinski definition) is 5. The Kier molecular flexibility index (Phi) is 3.93. The average molecular weight is 374 g/mol. The van der Waals surface area contributed by atoms with Gasteiger partial charge < -0.3 is 10.6 Å². The molecule has 0 saturated heterocycles. The summed E-state index contributed by atoms with van der Waals surface area (Å²) >= 11 is 1.89. The van der Waals surface area contributed by atoms with Gasteiger partial charge >= 0.3 is 5.97 Å². The van der Waals surface area contributed by atoms with Crippen molar-refractivity contribution in [2.24, 2.45) is 17.0 Å². The van der Waals surface area contributed by atoms with Crippen LogP contribution in [0.1, 0.15) is 18.4 Å². The third kappa shape index (κ3) is 2.52. The molecule has 1 aromatic carbocycles. The van der Waals surface area contributed by atoms with Crippen LogP contribution < -0.4 is 11.6 Å². The second-order valence-corrected chi connectivity index (χ2v) is 6.77. The Morgan fingerprint density at radius 3 is 2.42 bits per heavy atom. The van der Waals surface area contributed by atoms with Gasteiger partial charge in [-0.25, -0.2) is 4.79 Å². The number of alkyl halides is 1. The highest BCUT2D eigenvalue weighted by molar-refractivity contribution is 14.1. The van der Waals surface area contributed by atoms with E-state index in [9.17, 15) is 9.59 Å². The first kappa shape index (κ1) is 14.4. The number of hydrogen-bond donors (Lipinski definition) is 2. The molecule has 4 N–H and O–H groups in total. The first-order valence-electron chi connectivity index (χ1n) is 5.90. The third-order valence-corrected chi connectivity index (χ3v) is 4.60. The molecule has 1 aliphatic rings. The lowest BCUT2D eigenvalue weighted by atomic mass is 9.79. The molecule has 0 aromatic heterocycles. The molecule has 2 rings (SSSR count). The standard InChI is InChI=1S/C13H15IN2O3/c14-13(15)7-6-12(10(13)17,11(18)19-16)8-9-4-2-1-3-5-9/h1-5H,6-8,15-16H2. The topological polar surface area (TPSA) is 95.4 Å². The lowest BCUT2D eigenvalue weighted by molar-refractivity contribution is -0.160. The minimum absolute atomic E-state index is 0.269. The quantitative estimate of drug-likeness (QED) is 0.272. The Balaban J connectivity index is 2.38. The fraction of sp³-hybridized carbons (Fsp3) is 0.385. The van der Waals surface area contributed by atoms with E-state index in [4.69, 9.17) is 11.6 Å². The summed E-state index contributed by atoms with van der Waals surface area (Å²) in [7, 11) is 0. The zero-order chi connectivity index (χ0) is 14.1. The monoisotopic (exact) mass is 374 g/mol. The minimum atomic E-state index is -1.26. The second kappa shape index (κ2) is 5.18. The second-order valence-electron chi connectivity index (χ2n) is 4.84. The zero-order valence-electron chi connectivity index (χ0n) is 10.3. The maximum Gasteiger partial charge on any atom is 0.338 e. The van der Waals surface area contributed by atoms with E-state index >= 15 is 0 Å². The van der Waals surface area contributed by atoms with Crippen molar-refractivity contribution < 1.29 is 14.4 Å². The van der Waals surface area contributed by atoms with Crippen LogP contribution in [0.15, 0.2) is 30.3 Å². The lowest BCUT2D eigenvalue weighted by Gasteiger charge is -2.25. The molecule has 1 aliphatic carbocycles. The van der Waals surface area contributed by atoms with Crippen molar-refractivity contribution in [2.45, 2.75) is 22.8 Å². The van der Waals surface area contributed by atoms with Gasteiger partial charge in [0.15, 0.2) is 5.78 Å². The van der Waals surface area contributed by atoms with Gasteiger partial charge in [-0.15, -0.1) is 0 Å². The highest BCUT2D eigenvalue weighted by atomic mass is 127. The van der Waals surface area contributed by atoms with Crippen LogP contribution in [0, 0.1) is 5.41 Å². The molecule has 0 aliphatic heterocycles. The van der Waals surface area contributed by atoms with Gasteiger partial charge in [-0.1, -0.05) is 52.9 Å². The van der Waals surface area contributed by atoms with E-state index in [1.165, 1.54) is 0 Å². The molecule has 0 spiro atoms. The molecule has 2 atom stereocenters. The number of halogens is 1. The Morgan fingerprint density at radius 2 is 1.95 bits per heavy atom. The van der Waals surface area contributed by atoms with Crippen LogP contribution >= 0.6 is 22.6 Å². The molecule has 19 heavy (non-hydrogen) atoms. The summed E-state index contributed by atoms with van der Waals surface area (Å²) in [4.78, 5) is 28.8. The molecule has 0 heterocycles. The number of benzene rings is 1. The fourth-order valence-electron chi connectivity index (χ4n) is 2.51. The molecule has 0 amide bonds. The van der Waals surface area contributed by atoms with E-state index in [1.807, 2.05) is 52.9 Å². The minimum Gasteiger partial charge on any atom is -0.373 e.